The quantitative estimate of drug-likeness (QED) is 0.705. The summed E-state index contributed by atoms with van der Waals surface area (Å²) in [4.78, 5) is 0. The van der Waals surface area contributed by atoms with Crippen molar-refractivity contribution in [3.8, 4) is 5.75 Å². The predicted molar refractivity (Wildman–Crippen MR) is 85.8 cm³/mol. The topological polar surface area (TPSA) is 57.6 Å². The standard InChI is InChI=1S/C18H19NO3/c1-20-12-22-16-4-2-3-14(11-16)17(19)10-13-5-6-18-15(9-13)7-8-21-18/h2-9,11,17H,10,12,19H2,1H3. The summed E-state index contributed by atoms with van der Waals surface area (Å²) in [6.45, 7) is 0.232. The van der Waals surface area contributed by atoms with Gasteiger partial charge in [0.05, 0.1) is 6.26 Å². The molecular weight excluding hydrogens is 278 g/mol. The number of fused-ring (bicyclic) bond motifs is 1. The fraction of sp³-hybridized carbons (Fsp3) is 0.222. The highest BCUT2D eigenvalue weighted by Crippen LogP contribution is 2.23. The maximum atomic E-state index is 6.33. The lowest BCUT2D eigenvalue weighted by atomic mass is 9.99. The van der Waals surface area contributed by atoms with Gasteiger partial charge >= 0.3 is 0 Å². The first-order valence-corrected chi connectivity index (χ1v) is 7.19. The fourth-order valence-corrected chi connectivity index (χ4v) is 2.48. The Kier molecular flexibility index (Phi) is 4.42. The number of rotatable bonds is 6. The Labute approximate surface area is 129 Å². The number of ether oxygens (including phenoxy) is 2. The number of hydrogen-bond acceptors (Lipinski definition) is 4. The predicted octanol–water partition coefficient (Wildman–Crippen LogP) is 3.66. The van der Waals surface area contributed by atoms with Gasteiger partial charge in [0.25, 0.3) is 0 Å². The lowest BCUT2D eigenvalue weighted by Crippen LogP contribution is -2.13. The number of methoxy groups -OCH3 is 1. The first kappa shape index (κ1) is 14.6. The van der Waals surface area contributed by atoms with Gasteiger partial charge in [-0.15, -0.1) is 0 Å². The normalized spacial score (nSPS) is 12.5. The van der Waals surface area contributed by atoms with Gasteiger partial charge < -0.3 is 19.6 Å². The van der Waals surface area contributed by atoms with Crippen LogP contribution in [0.15, 0.2) is 59.2 Å². The van der Waals surface area contributed by atoms with E-state index in [0.717, 1.165) is 28.7 Å². The number of nitrogens with two attached hydrogens (primary N) is 1. The molecule has 1 unspecified atom stereocenters. The molecule has 4 heteroatoms. The summed E-state index contributed by atoms with van der Waals surface area (Å²) in [7, 11) is 1.60. The van der Waals surface area contributed by atoms with Gasteiger partial charge in [0.1, 0.15) is 11.3 Å². The van der Waals surface area contributed by atoms with Crippen LogP contribution in [0.3, 0.4) is 0 Å². The summed E-state index contributed by atoms with van der Waals surface area (Å²) in [6.07, 6.45) is 2.46. The van der Waals surface area contributed by atoms with E-state index in [-0.39, 0.29) is 12.8 Å². The summed E-state index contributed by atoms with van der Waals surface area (Å²) in [6, 6.07) is 15.8. The zero-order valence-electron chi connectivity index (χ0n) is 12.5. The maximum Gasteiger partial charge on any atom is 0.188 e. The van der Waals surface area contributed by atoms with Crippen molar-refractivity contribution in [1.29, 1.82) is 0 Å². The Morgan fingerprint density at radius 1 is 1.14 bits per heavy atom. The van der Waals surface area contributed by atoms with Crippen molar-refractivity contribution in [2.45, 2.75) is 12.5 Å². The maximum absolute atomic E-state index is 6.33. The molecular formula is C18H19NO3. The molecule has 2 aromatic carbocycles. The number of furan rings is 1. The van der Waals surface area contributed by atoms with Crippen LogP contribution in [0.5, 0.6) is 5.75 Å². The van der Waals surface area contributed by atoms with Gasteiger partial charge in [-0.05, 0) is 47.9 Å². The van der Waals surface area contributed by atoms with Crippen LogP contribution < -0.4 is 10.5 Å². The van der Waals surface area contributed by atoms with E-state index in [1.165, 1.54) is 5.56 Å². The van der Waals surface area contributed by atoms with Gasteiger partial charge in [0, 0.05) is 18.5 Å². The highest BCUT2D eigenvalue weighted by Gasteiger charge is 2.09. The summed E-state index contributed by atoms with van der Waals surface area (Å²) in [5.74, 6) is 0.764. The van der Waals surface area contributed by atoms with Gasteiger partial charge in [-0.3, -0.25) is 0 Å². The summed E-state index contributed by atoms with van der Waals surface area (Å²) < 4.78 is 15.7. The molecule has 0 saturated heterocycles. The molecule has 0 bridgehead atoms. The zero-order chi connectivity index (χ0) is 15.4. The molecule has 1 heterocycles. The number of hydrogen-bond donors (Lipinski definition) is 1. The third kappa shape index (κ3) is 3.30. The Morgan fingerprint density at radius 2 is 2.05 bits per heavy atom. The molecule has 22 heavy (non-hydrogen) atoms. The molecule has 3 aromatic rings. The molecule has 4 nitrogen and oxygen atoms in total. The lowest BCUT2D eigenvalue weighted by molar-refractivity contribution is 0.0510. The van der Waals surface area contributed by atoms with E-state index in [1.54, 1.807) is 13.4 Å². The van der Waals surface area contributed by atoms with Crippen LogP contribution in [-0.4, -0.2) is 13.9 Å². The van der Waals surface area contributed by atoms with Crippen molar-refractivity contribution in [3.63, 3.8) is 0 Å². The van der Waals surface area contributed by atoms with Crippen LogP contribution in [-0.2, 0) is 11.2 Å². The minimum Gasteiger partial charge on any atom is -0.468 e. The second-order valence-electron chi connectivity index (χ2n) is 5.23. The molecule has 114 valence electrons. The first-order valence-electron chi connectivity index (χ1n) is 7.19. The molecule has 0 saturated carbocycles. The highest BCUT2D eigenvalue weighted by molar-refractivity contribution is 5.77. The summed E-state index contributed by atoms with van der Waals surface area (Å²) in [5, 5.41) is 1.10. The van der Waals surface area contributed by atoms with Gasteiger partial charge in [-0.2, -0.15) is 0 Å². The van der Waals surface area contributed by atoms with E-state index in [2.05, 4.69) is 12.1 Å². The Hall–Kier alpha value is -2.30. The highest BCUT2D eigenvalue weighted by atomic mass is 16.7. The van der Waals surface area contributed by atoms with Crippen molar-refractivity contribution in [1.82, 2.24) is 0 Å². The Bertz CT molecular complexity index is 751. The van der Waals surface area contributed by atoms with Gasteiger partial charge in [0.15, 0.2) is 6.79 Å². The molecule has 0 radical (unpaired) electrons. The Balaban J connectivity index is 1.74. The van der Waals surface area contributed by atoms with Gasteiger partial charge in [0.2, 0.25) is 0 Å². The second kappa shape index (κ2) is 6.64. The second-order valence-corrected chi connectivity index (χ2v) is 5.23. The molecule has 1 aromatic heterocycles. The third-order valence-corrected chi connectivity index (χ3v) is 3.60. The molecule has 1 atom stereocenters. The molecule has 3 rings (SSSR count). The lowest BCUT2D eigenvalue weighted by Gasteiger charge is -2.14. The van der Waals surface area contributed by atoms with Crippen LogP contribution in [0.1, 0.15) is 17.2 Å². The largest absolute Gasteiger partial charge is 0.468 e. The van der Waals surface area contributed by atoms with E-state index in [4.69, 9.17) is 19.6 Å². The molecule has 0 fully saturated rings. The average Bonchev–Trinajstić information content (AvgIpc) is 3.01. The van der Waals surface area contributed by atoms with Crippen LogP contribution >= 0.6 is 0 Å². The zero-order valence-corrected chi connectivity index (χ0v) is 12.5. The molecule has 0 aliphatic carbocycles. The smallest absolute Gasteiger partial charge is 0.188 e. The van der Waals surface area contributed by atoms with Crippen molar-refractivity contribution < 1.29 is 13.9 Å². The summed E-state index contributed by atoms with van der Waals surface area (Å²) in [5.41, 5.74) is 9.46. The van der Waals surface area contributed by atoms with Crippen LogP contribution in [0.2, 0.25) is 0 Å². The van der Waals surface area contributed by atoms with Crippen molar-refractivity contribution in [2.75, 3.05) is 13.9 Å². The minimum atomic E-state index is -0.0876. The van der Waals surface area contributed by atoms with E-state index in [9.17, 15) is 0 Å². The fourth-order valence-electron chi connectivity index (χ4n) is 2.48. The van der Waals surface area contributed by atoms with E-state index < -0.39 is 0 Å². The third-order valence-electron chi connectivity index (χ3n) is 3.60. The van der Waals surface area contributed by atoms with Crippen LogP contribution in [0.25, 0.3) is 11.0 Å². The van der Waals surface area contributed by atoms with E-state index in [1.807, 2.05) is 36.4 Å². The van der Waals surface area contributed by atoms with Crippen LogP contribution in [0, 0.1) is 0 Å². The van der Waals surface area contributed by atoms with Crippen molar-refractivity contribution in [3.05, 3.63) is 65.9 Å². The van der Waals surface area contributed by atoms with Crippen LogP contribution in [0.4, 0.5) is 0 Å². The van der Waals surface area contributed by atoms with Crippen molar-refractivity contribution in [2.24, 2.45) is 5.73 Å². The molecule has 0 aliphatic heterocycles. The van der Waals surface area contributed by atoms with E-state index in [0.29, 0.717) is 0 Å². The van der Waals surface area contributed by atoms with E-state index >= 15 is 0 Å². The monoisotopic (exact) mass is 297 g/mol. The van der Waals surface area contributed by atoms with Gasteiger partial charge in [-0.25, -0.2) is 0 Å². The molecule has 0 amide bonds. The number of benzene rings is 2. The molecule has 0 spiro atoms. The molecule has 2 N–H and O–H groups in total. The minimum absolute atomic E-state index is 0.0876. The summed E-state index contributed by atoms with van der Waals surface area (Å²) >= 11 is 0. The van der Waals surface area contributed by atoms with Crippen molar-refractivity contribution >= 4 is 11.0 Å². The first-order chi connectivity index (χ1) is 10.8. The average molecular weight is 297 g/mol. The molecule has 0 aliphatic rings. The Morgan fingerprint density at radius 3 is 2.91 bits per heavy atom. The van der Waals surface area contributed by atoms with Gasteiger partial charge in [-0.1, -0.05) is 18.2 Å². The SMILES string of the molecule is COCOc1cccc(C(N)Cc2ccc3occc3c2)c1.